The molecule has 7 heteroatoms. The molecule has 2 N–H and O–H groups in total. The first-order chi connectivity index (χ1) is 12.2. The third kappa shape index (κ3) is 2.69. The first-order valence-corrected chi connectivity index (χ1v) is 7.87. The van der Waals surface area contributed by atoms with Crippen LogP contribution in [-0.4, -0.2) is 28.5 Å². The molecule has 1 aromatic heterocycles. The lowest BCUT2D eigenvalue weighted by Gasteiger charge is -2.25. The topological polar surface area (TPSA) is 85.2 Å². The molecule has 0 aliphatic carbocycles. The van der Waals surface area contributed by atoms with Gasteiger partial charge in [0.1, 0.15) is 11.8 Å². The summed E-state index contributed by atoms with van der Waals surface area (Å²) in [6.07, 6.45) is 0.0587. The van der Waals surface area contributed by atoms with Gasteiger partial charge in [0.15, 0.2) is 0 Å². The van der Waals surface area contributed by atoms with E-state index >= 15 is 0 Å². The highest BCUT2D eigenvalue weighted by Gasteiger charge is 2.32. The molecule has 0 bridgehead atoms. The van der Waals surface area contributed by atoms with Crippen molar-refractivity contribution in [2.24, 2.45) is 0 Å². The summed E-state index contributed by atoms with van der Waals surface area (Å²) in [5.74, 6) is 0.539. The number of carbonyl (C=O) groups is 2. The van der Waals surface area contributed by atoms with E-state index in [9.17, 15) is 9.59 Å². The quantitative estimate of drug-likeness (QED) is 0.770. The van der Waals surface area contributed by atoms with Crippen LogP contribution >= 0.6 is 0 Å². The summed E-state index contributed by atoms with van der Waals surface area (Å²) in [4.78, 5) is 29.2. The zero-order valence-electron chi connectivity index (χ0n) is 13.5. The van der Waals surface area contributed by atoms with Crippen LogP contribution in [0.1, 0.15) is 12.5 Å². The van der Waals surface area contributed by atoms with Gasteiger partial charge >= 0.3 is 0 Å². The van der Waals surface area contributed by atoms with Crippen LogP contribution in [0.15, 0.2) is 48.5 Å². The van der Waals surface area contributed by atoms with Gasteiger partial charge in [0.2, 0.25) is 17.8 Å². The number of fused-ring (bicyclic) bond motifs is 3. The van der Waals surface area contributed by atoms with Crippen LogP contribution in [0.4, 0.5) is 11.6 Å². The molecule has 0 saturated carbocycles. The van der Waals surface area contributed by atoms with Crippen molar-refractivity contribution >= 4 is 34.5 Å². The second kappa shape index (κ2) is 5.94. The summed E-state index contributed by atoms with van der Waals surface area (Å²) >= 11 is 0. The zero-order chi connectivity index (χ0) is 17.4. The highest BCUT2D eigenvalue weighted by Crippen LogP contribution is 2.31. The number of imidazole rings is 1. The van der Waals surface area contributed by atoms with Crippen molar-refractivity contribution in [1.82, 2.24) is 9.55 Å². The average molecular weight is 336 g/mol. The Morgan fingerprint density at radius 1 is 1.28 bits per heavy atom. The maximum absolute atomic E-state index is 12.8. The molecular formula is C18H16N4O3. The third-order valence-electron chi connectivity index (χ3n) is 4.18. The standard InChI is InChI=1S/C18H16N4O3/c1-25-12-6-4-5-11(9-12)19-17(24)15-10-16(23)21-18-20-13-7-2-3-8-14(13)22(15)18/h2-9,15H,10H2,1H3,(H,19,24)(H,20,21,23). The van der Waals surface area contributed by atoms with Crippen LogP contribution in [0.3, 0.4) is 0 Å². The first-order valence-electron chi connectivity index (χ1n) is 7.87. The number of amides is 2. The van der Waals surface area contributed by atoms with Gasteiger partial charge in [0, 0.05) is 11.8 Å². The molecule has 25 heavy (non-hydrogen) atoms. The monoisotopic (exact) mass is 336 g/mol. The van der Waals surface area contributed by atoms with Crippen LogP contribution in [0.2, 0.25) is 0 Å². The van der Waals surface area contributed by atoms with Crippen molar-refractivity contribution in [2.45, 2.75) is 12.5 Å². The molecule has 2 amide bonds. The molecule has 126 valence electrons. The van der Waals surface area contributed by atoms with E-state index < -0.39 is 6.04 Å². The maximum Gasteiger partial charge on any atom is 0.248 e. The van der Waals surface area contributed by atoms with Crippen molar-refractivity contribution < 1.29 is 14.3 Å². The van der Waals surface area contributed by atoms with E-state index in [1.807, 2.05) is 24.3 Å². The predicted octanol–water partition coefficient (Wildman–Crippen LogP) is 2.57. The summed E-state index contributed by atoms with van der Waals surface area (Å²) in [6, 6.07) is 13.9. The number of hydrogen-bond acceptors (Lipinski definition) is 4. The molecule has 1 unspecified atom stereocenters. The van der Waals surface area contributed by atoms with E-state index in [1.165, 1.54) is 0 Å². The van der Waals surface area contributed by atoms with Crippen LogP contribution < -0.4 is 15.4 Å². The van der Waals surface area contributed by atoms with Gasteiger partial charge in [-0.3, -0.25) is 19.5 Å². The largest absolute Gasteiger partial charge is 0.497 e. The fourth-order valence-corrected chi connectivity index (χ4v) is 3.03. The fourth-order valence-electron chi connectivity index (χ4n) is 3.03. The predicted molar refractivity (Wildman–Crippen MR) is 93.6 cm³/mol. The number of ether oxygens (including phenoxy) is 1. The summed E-state index contributed by atoms with van der Waals surface area (Å²) in [5.41, 5.74) is 2.16. The molecule has 1 aliphatic rings. The summed E-state index contributed by atoms with van der Waals surface area (Å²) < 4.78 is 6.94. The fraction of sp³-hybridized carbons (Fsp3) is 0.167. The van der Waals surface area contributed by atoms with Gasteiger partial charge in [-0.05, 0) is 24.3 Å². The maximum atomic E-state index is 12.8. The lowest BCUT2D eigenvalue weighted by Crippen LogP contribution is -2.35. The Bertz CT molecular complexity index is 979. The van der Waals surface area contributed by atoms with Crippen molar-refractivity contribution in [3.05, 3.63) is 48.5 Å². The van der Waals surface area contributed by atoms with E-state index in [1.54, 1.807) is 35.9 Å². The Kier molecular flexibility index (Phi) is 3.61. The van der Waals surface area contributed by atoms with Gasteiger partial charge in [0.05, 0.1) is 24.6 Å². The number of hydrogen-bond donors (Lipinski definition) is 2. The third-order valence-corrected chi connectivity index (χ3v) is 4.18. The summed E-state index contributed by atoms with van der Waals surface area (Å²) in [6.45, 7) is 0. The van der Waals surface area contributed by atoms with E-state index in [0.29, 0.717) is 17.4 Å². The number of nitrogens with one attached hydrogen (secondary N) is 2. The minimum atomic E-state index is -0.664. The van der Waals surface area contributed by atoms with Crippen LogP contribution in [-0.2, 0) is 9.59 Å². The Morgan fingerprint density at radius 2 is 2.12 bits per heavy atom. The Balaban J connectivity index is 1.70. The number of anilines is 2. The van der Waals surface area contributed by atoms with E-state index in [0.717, 1.165) is 11.0 Å². The number of para-hydroxylation sites is 2. The van der Waals surface area contributed by atoms with Gasteiger partial charge in [0.25, 0.3) is 0 Å². The zero-order valence-corrected chi connectivity index (χ0v) is 13.5. The number of aromatic nitrogens is 2. The van der Waals surface area contributed by atoms with Crippen molar-refractivity contribution in [1.29, 1.82) is 0 Å². The molecule has 4 rings (SSSR count). The summed E-state index contributed by atoms with van der Waals surface area (Å²) in [7, 11) is 1.57. The minimum Gasteiger partial charge on any atom is -0.497 e. The van der Waals surface area contributed by atoms with Crippen molar-refractivity contribution in [3.8, 4) is 5.75 Å². The number of rotatable bonds is 3. The van der Waals surface area contributed by atoms with Gasteiger partial charge < -0.3 is 10.1 Å². The molecule has 7 nitrogen and oxygen atoms in total. The van der Waals surface area contributed by atoms with Crippen molar-refractivity contribution in [3.63, 3.8) is 0 Å². The molecule has 0 saturated heterocycles. The molecule has 0 fully saturated rings. The molecule has 0 spiro atoms. The SMILES string of the molecule is COc1cccc(NC(=O)C2CC(=O)Nc3nc4ccccc4n32)c1. The van der Waals surface area contributed by atoms with Crippen LogP contribution in [0, 0.1) is 0 Å². The minimum absolute atomic E-state index is 0.0587. The molecule has 3 aromatic rings. The molecule has 0 radical (unpaired) electrons. The Labute approximate surface area is 143 Å². The van der Waals surface area contributed by atoms with E-state index in [-0.39, 0.29) is 18.2 Å². The molecule has 1 aliphatic heterocycles. The average Bonchev–Trinajstić information content (AvgIpc) is 2.99. The second-order valence-corrected chi connectivity index (χ2v) is 5.78. The molecule has 2 heterocycles. The highest BCUT2D eigenvalue weighted by molar-refractivity contribution is 6.03. The van der Waals surface area contributed by atoms with Gasteiger partial charge in [-0.1, -0.05) is 18.2 Å². The smallest absolute Gasteiger partial charge is 0.248 e. The number of carbonyl (C=O) groups excluding carboxylic acids is 2. The van der Waals surface area contributed by atoms with Crippen LogP contribution in [0.25, 0.3) is 11.0 Å². The molecule has 2 aromatic carbocycles. The Morgan fingerprint density at radius 3 is 2.96 bits per heavy atom. The van der Waals surface area contributed by atoms with E-state index in [4.69, 9.17) is 4.74 Å². The highest BCUT2D eigenvalue weighted by atomic mass is 16.5. The number of nitrogens with zero attached hydrogens (tertiary/aromatic N) is 2. The number of methoxy groups -OCH3 is 1. The first kappa shape index (κ1) is 15.2. The van der Waals surface area contributed by atoms with Crippen LogP contribution in [0.5, 0.6) is 5.75 Å². The summed E-state index contributed by atoms with van der Waals surface area (Å²) in [5, 5.41) is 5.58. The van der Waals surface area contributed by atoms with Crippen molar-refractivity contribution in [2.75, 3.05) is 17.7 Å². The lowest BCUT2D eigenvalue weighted by atomic mass is 10.1. The second-order valence-electron chi connectivity index (χ2n) is 5.78. The van der Waals surface area contributed by atoms with Gasteiger partial charge in [-0.15, -0.1) is 0 Å². The van der Waals surface area contributed by atoms with E-state index in [2.05, 4.69) is 15.6 Å². The lowest BCUT2D eigenvalue weighted by molar-refractivity contribution is -0.124. The normalized spacial score (nSPS) is 16.2. The van der Waals surface area contributed by atoms with Gasteiger partial charge in [-0.2, -0.15) is 0 Å². The van der Waals surface area contributed by atoms with Gasteiger partial charge in [-0.25, -0.2) is 4.98 Å². The Hall–Kier alpha value is -3.35. The number of benzene rings is 2. The molecule has 1 atom stereocenters. The molecular weight excluding hydrogens is 320 g/mol.